The molecule has 0 aromatic heterocycles. The summed E-state index contributed by atoms with van der Waals surface area (Å²) in [7, 11) is 0. The molecule has 1 amide bonds. The first kappa shape index (κ1) is 22.4. The molecule has 1 heterocycles. The van der Waals surface area contributed by atoms with Gasteiger partial charge >= 0.3 is 0 Å². The van der Waals surface area contributed by atoms with Gasteiger partial charge in [-0.3, -0.25) is 4.79 Å². The van der Waals surface area contributed by atoms with E-state index in [0.717, 1.165) is 50.0 Å². The van der Waals surface area contributed by atoms with Gasteiger partial charge in [-0.2, -0.15) is 0 Å². The summed E-state index contributed by atoms with van der Waals surface area (Å²) in [6.45, 7) is 1.71. The fourth-order valence-corrected chi connectivity index (χ4v) is 4.19. The van der Waals surface area contributed by atoms with Crippen LogP contribution in [-0.2, 0) is 11.2 Å². The Labute approximate surface area is 184 Å². The predicted molar refractivity (Wildman–Crippen MR) is 120 cm³/mol. The highest BCUT2D eigenvalue weighted by Gasteiger charge is 2.25. The summed E-state index contributed by atoms with van der Waals surface area (Å²) in [5.41, 5.74) is 8.08. The normalized spacial score (nSPS) is 23.9. The van der Waals surface area contributed by atoms with E-state index in [0.29, 0.717) is 0 Å². The van der Waals surface area contributed by atoms with Crippen LogP contribution in [0.3, 0.4) is 0 Å². The number of hydrogen-bond acceptors (Lipinski definition) is 4. The van der Waals surface area contributed by atoms with Crippen LogP contribution in [0.15, 0.2) is 48.5 Å². The summed E-state index contributed by atoms with van der Waals surface area (Å²) in [6.07, 6.45) is 6.01. The monoisotopic (exact) mass is 430 g/mol. The van der Waals surface area contributed by atoms with E-state index in [-0.39, 0.29) is 36.6 Å². The number of carbonyl (C=O) groups excluding carboxylic acids is 1. The zero-order chi connectivity index (χ0) is 20.2. The van der Waals surface area contributed by atoms with Crippen molar-refractivity contribution < 1.29 is 14.3 Å². The van der Waals surface area contributed by atoms with Crippen molar-refractivity contribution in [3.63, 3.8) is 0 Å². The van der Waals surface area contributed by atoms with Crippen molar-refractivity contribution in [1.82, 2.24) is 5.32 Å². The molecule has 1 unspecified atom stereocenters. The second-order valence-corrected chi connectivity index (χ2v) is 8.21. The first-order valence-corrected chi connectivity index (χ1v) is 10.7. The Morgan fingerprint density at radius 2 is 1.83 bits per heavy atom. The number of rotatable bonds is 5. The molecule has 3 N–H and O–H groups in total. The lowest BCUT2D eigenvalue weighted by molar-refractivity contribution is -0.123. The third kappa shape index (κ3) is 5.46. The minimum Gasteiger partial charge on any atom is -0.490 e. The standard InChI is InChI=1S/C24H30N2O3.ClH/c1-16(25)24(27)26-19-8-10-20(11-9-19)28-21-12-14-23-18(15-21)7-13-22(29-23)17-5-3-2-4-6-17;/h2-6,12,14-16,19-20,22H,7-11,13,25H2,1H3,(H,26,27);1H/t16?,19?,20?,22-;/m1./s1. The van der Waals surface area contributed by atoms with Crippen LogP contribution in [0, 0.1) is 0 Å². The molecular weight excluding hydrogens is 400 g/mol. The van der Waals surface area contributed by atoms with E-state index in [1.54, 1.807) is 6.92 Å². The molecule has 2 atom stereocenters. The minimum atomic E-state index is -0.455. The van der Waals surface area contributed by atoms with Crippen molar-refractivity contribution in [2.45, 2.75) is 69.7 Å². The second kappa shape index (κ2) is 10.2. The van der Waals surface area contributed by atoms with Gasteiger partial charge in [0.05, 0.1) is 12.1 Å². The largest absolute Gasteiger partial charge is 0.490 e. The van der Waals surface area contributed by atoms with Gasteiger partial charge in [0.25, 0.3) is 0 Å². The van der Waals surface area contributed by atoms with E-state index in [1.165, 1.54) is 11.1 Å². The van der Waals surface area contributed by atoms with Crippen molar-refractivity contribution in [3.05, 3.63) is 59.7 Å². The maximum atomic E-state index is 11.8. The van der Waals surface area contributed by atoms with Crippen LogP contribution < -0.4 is 20.5 Å². The fourth-order valence-electron chi connectivity index (χ4n) is 4.19. The van der Waals surface area contributed by atoms with Gasteiger partial charge in [0.1, 0.15) is 17.6 Å². The van der Waals surface area contributed by atoms with E-state index in [1.807, 2.05) is 18.2 Å². The molecular formula is C24H31ClN2O3. The number of nitrogens with one attached hydrogen (secondary N) is 1. The number of nitrogens with two attached hydrogens (primary N) is 1. The van der Waals surface area contributed by atoms with Gasteiger partial charge in [-0.1, -0.05) is 30.3 Å². The molecule has 162 valence electrons. The maximum Gasteiger partial charge on any atom is 0.236 e. The molecule has 0 radical (unpaired) electrons. The molecule has 0 bridgehead atoms. The second-order valence-electron chi connectivity index (χ2n) is 8.21. The highest BCUT2D eigenvalue weighted by atomic mass is 35.5. The summed E-state index contributed by atoms with van der Waals surface area (Å²) in [6, 6.07) is 16.3. The molecule has 1 aliphatic carbocycles. The van der Waals surface area contributed by atoms with E-state index in [2.05, 4.69) is 35.6 Å². The topological polar surface area (TPSA) is 73.6 Å². The van der Waals surface area contributed by atoms with E-state index in [9.17, 15) is 4.79 Å². The summed E-state index contributed by atoms with van der Waals surface area (Å²) >= 11 is 0. The van der Waals surface area contributed by atoms with Crippen molar-refractivity contribution in [2.24, 2.45) is 5.73 Å². The molecule has 1 saturated carbocycles. The van der Waals surface area contributed by atoms with Gasteiger partial charge in [-0.05, 0) is 74.8 Å². The number of ether oxygens (including phenoxy) is 2. The van der Waals surface area contributed by atoms with Crippen molar-refractivity contribution in [1.29, 1.82) is 0 Å². The summed E-state index contributed by atoms with van der Waals surface area (Å²) in [5, 5.41) is 3.03. The molecule has 2 aromatic rings. The lowest BCUT2D eigenvalue weighted by atomic mass is 9.92. The van der Waals surface area contributed by atoms with E-state index in [4.69, 9.17) is 15.2 Å². The molecule has 2 aromatic carbocycles. The summed E-state index contributed by atoms with van der Waals surface area (Å²) in [4.78, 5) is 11.8. The number of benzene rings is 2. The number of amides is 1. The van der Waals surface area contributed by atoms with Crippen LogP contribution in [-0.4, -0.2) is 24.1 Å². The number of carbonyl (C=O) groups is 1. The lowest BCUT2D eigenvalue weighted by Gasteiger charge is -2.31. The Morgan fingerprint density at radius 1 is 1.10 bits per heavy atom. The molecule has 30 heavy (non-hydrogen) atoms. The van der Waals surface area contributed by atoms with Crippen molar-refractivity contribution >= 4 is 18.3 Å². The smallest absolute Gasteiger partial charge is 0.236 e. The first-order valence-electron chi connectivity index (χ1n) is 10.7. The van der Waals surface area contributed by atoms with E-state index >= 15 is 0 Å². The molecule has 0 saturated heterocycles. The molecule has 6 heteroatoms. The van der Waals surface area contributed by atoms with Crippen molar-refractivity contribution in [3.8, 4) is 11.5 Å². The molecule has 4 rings (SSSR count). The first-order chi connectivity index (χ1) is 14.1. The Hall–Kier alpha value is -2.24. The number of fused-ring (bicyclic) bond motifs is 1. The molecule has 1 fully saturated rings. The third-order valence-electron chi connectivity index (χ3n) is 5.89. The van der Waals surface area contributed by atoms with Gasteiger partial charge in [0.2, 0.25) is 5.91 Å². The Kier molecular flexibility index (Phi) is 7.62. The third-order valence-corrected chi connectivity index (χ3v) is 5.89. The number of aryl methyl sites for hydroxylation is 1. The average molecular weight is 431 g/mol. The van der Waals surface area contributed by atoms with Crippen LogP contribution in [0.1, 0.15) is 56.3 Å². The number of hydrogen-bond donors (Lipinski definition) is 2. The van der Waals surface area contributed by atoms with Crippen LogP contribution >= 0.6 is 12.4 Å². The van der Waals surface area contributed by atoms with Crippen LogP contribution in [0.2, 0.25) is 0 Å². The zero-order valence-electron chi connectivity index (χ0n) is 17.4. The fraction of sp³-hybridized carbons (Fsp3) is 0.458. The van der Waals surface area contributed by atoms with Crippen LogP contribution in [0.5, 0.6) is 11.5 Å². The molecule has 0 spiro atoms. The number of halogens is 1. The quantitative estimate of drug-likeness (QED) is 0.740. The lowest BCUT2D eigenvalue weighted by Crippen LogP contribution is -2.46. The Morgan fingerprint density at radius 3 is 2.53 bits per heavy atom. The molecule has 1 aliphatic heterocycles. The Bertz CT molecular complexity index is 836. The van der Waals surface area contributed by atoms with Gasteiger partial charge in [0.15, 0.2) is 0 Å². The maximum absolute atomic E-state index is 11.8. The SMILES string of the molecule is CC(N)C(=O)NC1CCC(Oc2ccc3c(c2)CC[C@H](c2ccccc2)O3)CC1.Cl. The summed E-state index contributed by atoms with van der Waals surface area (Å²) < 4.78 is 12.5. The molecule has 5 nitrogen and oxygen atoms in total. The molecule has 2 aliphatic rings. The van der Waals surface area contributed by atoms with Gasteiger partial charge < -0.3 is 20.5 Å². The van der Waals surface area contributed by atoms with Crippen LogP contribution in [0.4, 0.5) is 0 Å². The van der Waals surface area contributed by atoms with Gasteiger partial charge in [0, 0.05) is 6.04 Å². The predicted octanol–water partition coefficient (Wildman–Crippen LogP) is 4.33. The van der Waals surface area contributed by atoms with Crippen LogP contribution in [0.25, 0.3) is 0 Å². The minimum absolute atomic E-state index is 0. The summed E-state index contributed by atoms with van der Waals surface area (Å²) in [5.74, 6) is 1.80. The highest BCUT2D eigenvalue weighted by Crippen LogP contribution is 2.37. The highest BCUT2D eigenvalue weighted by molar-refractivity contribution is 5.85. The zero-order valence-corrected chi connectivity index (χ0v) is 18.2. The van der Waals surface area contributed by atoms with Gasteiger partial charge in [-0.15, -0.1) is 12.4 Å². The van der Waals surface area contributed by atoms with E-state index < -0.39 is 6.04 Å². The van der Waals surface area contributed by atoms with Gasteiger partial charge in [-0.25, -0.2) is 0 Å². The average Bonchev–Trinajstić information content (AvgIpc) is 2.75. The Balaban J connectivity index is 0.00000256. The van der Waals surface area contributed by atoms with Crippen molar-refractivity contribution in [2.75, 3.05) is 0 Å².